The van der Waals surface area contributed by atoms with Gasteiger partial charge in [0.15, 0.2) is 0 Å². The number of carbonyl (C=O) groups is 1. The lowest BCUT2D eigenvalue weighted by atomic mass is 9.61. The Labute approximate surface area is 168 Å². The number of halogens is 1. The lowest BCUT2D eigenvalue weighted by molar-refractivity contribution is -0.140. The highest BCUT2D eigenvalue weighted by atomic mass is 79.9. The zero-order chi connectivity index (χ0) is 19.1. The molecule has 0 spiro atoms. The van der Waals surface area contributed by atoms with Crippen molar-refractivity contribution in [2.75, 3.05) is 0 Å². The topological polar surface area (TPSA) is 26.3 Å². The summed E-state index contributed by atoms with van der Waals surface area (Å²) in [5.74, 6) is 2.64. The highest BCUT2D eigenvalue weighted by molar-refractivity contribution is 9.11. The van der Waals surface area contributed by atoms with E-state index in [2.05, 4.69) is 55.2 Å². The molecule has 0 unspecified atom stereocenters. The van der Waals surface area contributed by atoms with Crippen LogP contribution in [0.1, 0.15) is 72.6 Å². The van der Waals surface area contributed by atoms with Gasteiger partial charge < -0.3 is 4.74 Å². The zero-order valence-electron chi connectivity index (χ0n) is 16.9. The molecule has 3 aliphatic rings. The molecule has 6 atom stereocenters. The van der Waals surface area contributed by atoms with Crippen LogP contribution >= 0.6 is 15.9 Å². The van der Waals surface area contributed by atoms with Crippen molar-refractivity contribution in [3.05, 3.63) is 22.7 Å². The number of ether oxygens (including phenoxy) is 1. The van der Waals surface area contributed by atoms with Crippen molar-refractivity contribution in [1.82, 2.24) is 0 Å². The van der Waals surface area contributed by atoms with Gasteiger partial charge in [-0.25, -0.2) is 4.79 Å². The maximum Gasteiger partial charge on any atom is 0.334 e. The van der Waals surface area contributed by atoms with Crippen LogP contribution in [0.3, 0.4) is 0 Å². The number of esters is 1. The molecule has 3 fully saturated rings. The van der Waals surface area contributed by atoms with Gasteiger partial charge in [0.05, 0.1) is 0 Å². The summed E-state index contributed by atoms with van der Waals surface area (Å²) in [6.07, 6.45) is 8.54. The zero-order valence-corrected chi connectivity index (χ0v) is 18.5. The molecule has 0 aromatic heterocycles. The Balaban J connectivity index is 1.72. The van der Waals surface area contributed by atoms with E-state index in [9.17, 15) is 4.79 Å². The number of rotatable bonds is 5. The highest BCUT2D eigenvalue weighted by Gasteiger charge is 2.51. The average molecular weight is 423 g/mol. The van der Waals surface area contributed by atoms with Gasteiger partial charge in [-0.3, -0.25) is 0 Å². The minimum atomic E-state index is -0.162. The fraction of sp³-hybridized carbons (Fsp3) is 0.783. The number of carbonyl (C=O) groups excluding carboxylic acids is 1. The average Bonchev–Trinajstić information content (AvgIpc) is 3.06. The van der Waals surface area contributed by atoms with E-state index in [1.807, 2.05) is 0 Å². The largest absolute Gasteiger partial charge is 0.458 e. The van der Waals surface area contributed by atoms with Gasteiger partial charge in [0.2, 0.25) is 0 Å². The van der Waals surface area contributed by atoms with E-state index in [1.165, 1.54) is 32.1 Å². The summed E-state index contributed by atoms with van der Waals surface area (Å²) >= 11 is 3.61. The first-order valence-corrected chi connectivity index (χ1v) is 11.4. The lowest BCUT2D eigenvalue weighted by Gasteiger charge is -2.44. The molecule has 0 radical (unpaired) electrons. The third-order valence-corrected chi connectivity index (χ3v) is 8.20. The number of hydrogen-bond donors (Lipinski definition) is 0. The summed E-state index contributed by atoms with van der Waals surface area (Å²) < 4.78 is 5.77. The molecule has 146 valence electrons. The van der Waals surface area contributed by atoms with Crippen LogP contribution in [0.2, 0.25) is 0 Å². The molecular formula is C23H35BrO2. The molecule has 0 aromatic rings. The van der Waals surface area contributed by atoms with E-state index in [1.54, 1.807) is 5.57 Å². The van der Waals surface area contributed by atoms with Crippen molar-refractivity contribution in [3.8, 4) is 0 Å². The lowest BCUT2D eigenvalue weighted by Crippen LogP contribution is -2.37. The molecule has 0 N–H and O–H groups in total. The fourth-order valence-corrected chi connectivity index (χ4v) is 6.91. The minimum absolute atomic E-state index is 0.0322. The Kier molecular flexibility index (Phi) is 6.06. The Morgan fingerprint density at radius 2 is 2.04 bits per heavy atom. The van der Waals surface area contributed by atoms with Gasteiger partial charge >= 0.3 is 5.97 Å². The minimum Gasteiger partial charge on any atom is -0.458 e. The van der Waals surface area contributed by atoms with Crippen LogP contribution in [-0.2, 0) is 9.53 Å². The second-order valence-electron chi connectivity index (χ2n) is 9.70. The van der Waals surface area contributed by atoms with E-state index in [-0.39, 0.29) is 18.0 Å². The molecule has 1 saturated heterocycles. The van der Waals surface area contributed by atoms with Gasteiger partial charge in [-0.1, -0.05) is 55.8 Å². The first-order chi connectivity index (χ1) is 12.3. The molecule has 2 nitrogen and oxygen atoms in total. The van der Waals surface area contributed by atoms with E-state index >= 15 is 0 Å². The Morgan fingerprint density at radius 3 is 2.69 bits per heavy atom. The van der Waals surface area contributed by atoms with Gasteiger partial charge in [0.25, 0.3) is 0 Å². The Hall–Kier alpha value is -0.570. The van der Waals surface area contributed by atoms with Crippen molar-refractivity contribution in [3.63, 3.8) is 0 Å². The molecule has 0 amide bonds. The molecule has 3 rings (SSSR count). The first kappa shape index (κ1) is 20.2. The number of hydrogen-bond acceptors (Lipinski definition) is 2. The Morgan fingerprint density at radius 1 is 1.31 bits per heavy atom. The molecule has 2 saturated carbocycles. The first-order valence-electron chi connectivity index (χ1n) is 10.5. The quantitative estimate of drug-likeness (QED) is 0.365. The fourth-order valence-electron chi connectivity index (χ4n) is 6.36. The number of allylic oxidation sites excluding steroid dienone is 1. The van der Waals surface area contributed by atoms with Crippen molar-refractivity contribution in [2.24, 2.45) is 35.0 Å². The van der Waals surface area contributed by atoms with E-state index < -0.39 is 0 Å². The summed E-state index contributed by atoms with van der Waals surface area (Å²) in [6.45, 7) is 13.4. The maximum atomic E-state index is 12.1. The third kappa shape index (κ3) is 3.57. The molecule has 26 heavy (non-hydrogen) atoms. The predicted octanol–water partition coefficient (Wildman–Crippen LogP) is 6.65. The third-order valence-electron chi connectivity index (χ3n) is 7.61. The summed E-state index contributed by atoms with van der Waals surface area (Å²) in [5.41, 5.74) is 2.73. The molecular weight excluding hydrogens is 388 g/mol. The maximum absolute atomic E-state index is 12.1. The number of cyclic esters (lactones) is 1. The second-order valence-corrected chi connectivity index (χ2v) is 10.2. The second kappa shape index (κ2) is 7.81. The van der Waals surface area contributed by atoms with Crippen LogP contribution in [0.15, 0.2) is 22.7 Å². The smallest absolute Gasteiger partial charge is 0.334 e. The van der Waals surface area contributed by atoms with E-state index in [0.717, 1.165) is 24.7 Å². The van der Waals surface area contributed by atoms with Crippen molar-refractivity contribution in [2.45, 2.75) is 78.7 Å². The van der Waals surface area contributed by atoms with Crippen molar-refractivity contribution >= 4 is 21.9 Å². The molecule has 0 aromatic carbocycles. The van der Waals surface area contributed by atoms with Crippen LogP contribution in [0.25, 0.3) is 0 Å². The van der Waals surface area contributed by atoms with Gasteiger partial charge in [0.1, 0.15) is 6.10 Å². The van der Waals surface area contributed by atoms with Gasteiger partial charge in [-0.05, 0) is 79.0 Å². The van der Waals surface area contributed by atoms with E-state index in [0.29, 0.717) is 22.8 Å². The summed E-state index contributed by atoms with van der Waals surface area (Å²) in [4.78, 5) is 14.3. The molecule has 1 heterocycles. The predicted molar refractivity (Wildman–Crippen MR) is 111 cm³/mol. The molecule has 3 heteroatoms. The van der Waals surface area contributed by atoms with E-state index in [4.69, 9.17) is 4.74 Å². The highest BCUT2D eigenvalue weighted by Crippen LogP contribution is 2.60. The summed E-state index contributed by atoms with van der Waals surface area (Å²) in [6, 6.07) is 0. The molecule has 1 aliphatic heterocycles. The monoisotopic (exact) mass is 422 g/mol. The van der Waals surface area contributed by atoms with Crippen molar-refractivity contribution in [1.29, 1.82) is 0 Å². The summed E-state index contributed by atoms with van der Waals surface area (Å²) in [5, 5.41) is 0. The van der Waals surface area contributed by atoms with Crippen LogP contribution in [0.5, 0.6) is 0 Å². The van der Waals surface area contributed by atoms with Crippen molar-refractivity contribution < 1.29 is 9.53 Å². The van der Waals surface area contributed by atoms with Gasteiger partial charge in [-0.2, -0.15) is 0 Å². The Bertz CT molecular complexity index is 593. The molecule has 0 bridgehead atoms. The normalized spacial score (nSPS) is 40.2. The van der Waals surface area contributed by atoms with Crippen LogP contribution in [0, 0.1) is 35.0 Å². The van der Waals surface area contributed by atoms with Gasteiger partial charge in [0, 0.05) is 11.5 Å². The molecule has 2 aliphatic carbocycles. The standard InChI is InChI=1S/C23H35BrO2/c1-14(2)11-18-16(4)22(25)26-21(18)12-15(3)19-8-9-20-17(13-24)7-6-10-23(19,20)5/h13-15,18-21H,4,6-12H2,1-3,5H3/t15-,18+,19-,20+,21+,23-/m1/s1. The summed E-state index contributed by atoms with van der Waals surface area (Å²) in [7, 11) is 0. The number of fused-ring (bicyclic) bond motifs is 1. The van der Waals surface area contributed by atoms with Crippen LogP contribution in [0.4, 0.5) is 0 Å². The SMILES string of the molecule is C=C1C(=O)O[C@@H](C[C@@H](C)[C@H]2CC[C@H]3C(=CBr)CCC[C@]23C)[C@H]1CC(C)C. The van der Waals surface area contributed by atoms with Crippen LogP contribution < -0.4 is 0 Å². The van der Waals surface area contributed by atoms with Crippen LogP contribution in [-0.4, -0.2) is 12.1 Å². The van der Waals surface area contributed by atoms with Gasteiger partial charge in [-0.15, -0.1) is 0 Å².